The van der Waals surface area contributed by atoms with Crippen molar-refractivity contribution in [2.45, 2.75) is 20.8 Å². The van der Waals surface area contributed by atoms with Gasteiger partial charge in [-0.2, -0.15) is 0 Å². The molecule has 41 valence electrons. The topological polar surface area (TPSA) is 0 Å². The molecule has 0 N–H and O–H groups in total. The Morgan fingerprint density at radius 1 is 1.50 bits per heavy atom. The molecule has 0 heterocycles. The maximum Gasteiger partial charge on any atom is 1.00 e. The number of hydrogen-bond acceptors (Lipinski definition) is 0. The molecule has 1 radical (unpaired) electrons. The normalized spacial score (nSPS) is 8.50. The zero-order chi connectivity index (χ0) is 5.86. The average Bonchev–Trinajstić information content (AvgIpc) is 1.65. The van der Waals surface area contributed by atoms with E-state index >= 15 is 0 Å². The minimum Gasteiger partial charge on any atom is -0.0993 e. The van der Waals surface area contributed by atoms with Gasteiger partial charge in [0, 0.05) is 0 Å². The third-order valence-corrected chi connectivity index (χ3v) is 1.11. The van der Waals surface area contributed by atoms with Crippen LogP contribution in [0.2, 0.25) is 0 Å². The van der Waals surface area contributed by atoms with Crippen LogP contribution in [0.3, 0.4) is 0 Å². The molecule has 0 spiro atoms. The van der Waals surface area contributed by atoms with Crippen LogP contribution in [-0.4, -0.2) is 0 Å². The first kappa shape index (κ1) is 12.1. The van der Waals surface area contributed by atoms with Crippen LogP contribution in [0.25, 0.3) is 0 Å². The fourth-order valence-corrected chi connectivity index (χ4v) is 0.333. The zero-order valence-corrected chi connectivity index (χ0v) is 9.48. The third-order valence-electron chi connectivity index (χ3n) is 1.11. The van der Waals surface area contributed by atoms with Gasteiger partial charge in [-0.3, -0.25) is 0 Å². The van der Waals surface area contributed by atoms with E-state index in [1.165, 1.54) is 5.57 Å². The van der Waals surface area contributed by atoms with Crippen molar-refractivity contribution in [1.29, 1.82) is 0 Å². The van der Waals surface area contributed by atoms with Crippen molar-refractivity contribution in [2.24, 2.45) is 5.92 Å². The molecule has 0 saturated carbocycles. The van der Waals surface area contributed by atoms with Gasteiger partial charge < -0.3 is 0 Å². The quantitative estimate of drug-likeness (QED) is 0.446. The standard InChI is InChI=1S/C7H13.K/c1-5-7(4)6(2)3;/h5-6H,4H2,1-3H3;/q;+1. The van der Waals surface area contributed by atoms with Crippen LogP contribution in [0.15, 0.2) is 12.2 Å². The largest absolute Gasteiger partial charge is 1.00 e. The van der Waals surface area contributed by atoms with Crippen LogP contribution >= 0.6 is 0 Å². The van der Waals surface area contributed by atoms with Crippen LogP contribution in [0, 0.1) is 12.3 Å². The summed E-state index contributed by atoms with van der Waals surface area (Å²) in [6.45, 7) is 10.1. The molecule has 0 atom stereocenters. The van der Waals surface area contributed by atoms with E-state index in [1.807, 2.05) is 13.3 Å². The predicted molar refractivity (Wildman–Crippen MR) is 34.0 cm³/mol. The van der Waals surface area contributed by atoms with Crippen molar-refractivity contribution < 1.29 is 51.4 Å². The Morgan fingerprint density at radius 2 is 1.88 bits per heavy atom. The molecule has 0 bridgehead atoms. The summed E-state index contributed by atoms with van der Waals surface area (Å²) in [6, 6.07) is 0. The zero-order valence-electron chi connectivity index (χ0n) is 6.36. The van der Waals surface area contributed by atoms with Gasteiger partial charge in [-0.25, -0.2) is 0 Å². The van der Waals surface area contributed by atoms with Crippen molar-refractivity contribution in [1.82, 2.24) is 0 Å². The maximum atomic E-state index is 3.82. The molecule has 0 aliphatic carbocycles. The first-order valence-corrected chi connectivity index (χ1v) is 2.66. The van der Waals surface area contributed by atoms with E-state index in [1.54, 1.807) is 0 Å². The summed E-state index contributed by atoms with van der Waals surface area (Å²) in [5.41, 5.74) is 1.22. The van der Waals surface area contributed by atoms with Gasteiger partial charge in [-0.05, 0) is 12.3 Å². The predicted octanol–water partition coefficient (Wildman–Crippen LogP) is -0.573. The van der Waals surface area contributed by atoms with Crippen molar-refractivity contribution in [2.75, 3.05) is 0 Å². The Hall–Kier alpha value is 1.38. The smallest absolute Gasteiger partial charge is 0.0993 e. The van der Waals surface area contributed by atoms with Crippen LogP contribution in [0.5, 0.6) is 0 Å². The summed E-state index contributed by atoms with van der Waals surface area (Å²) < 4.78 is 0. The van der Waals surface area contributed by atoms with E-state index in [0.29, 0.717) is 5.92 Å². The molecule has 0 aliphatic heterocycles. The maximum absolute atomic E-state index is 3.82. The Bertz CT molecular complexity index is 64.8. The van der Waals surface area contributed by atoms with E-state index in [-0.39, 0.29) is 51.4 Å². The van der Waals surface area contributed by atoms with Gasteiger partial charge in [0.15, 0.2) is 0 Å². The van der Waals surface area contributed by atoms with Gasteiger partial charge in [0.25, 0.3) is 0 Å². The van der Waals surface area contributed by atoms with E-state index in [4.69, 9.17) is 0 Å². The molecule has 0 saturated heterocycles. The van der Waals surface area contributed by atoms with Crippen molar-refractivity contribution in [3.05, 3.63) is 18.6 Å². The van der Waals surface area contributed by atoms with E-state index in [0.717, 1.165) is 0 Å². The first-order valence-electron chi connectivity index (χ1n) is 2.66. The molecule has 0 aliphatic rings. The molecule has 0 amide bonds. The van der Waals surface area contributed by atoms with Crippen LogP contribution < -0.4 is 51.4 Å². The monoisotopic (exact) mass is 136 g/mol. The molecule has 1 heteroatoms. The van der Waals surface area contributed by atoms with E-state index in [9.17, 15) is 0 Å². The number of allylic oxidation sites excluding steroid dienone is 1. The molecule has 0 aromatic carbocycles. The number of rotatable bonds is 2. The Balaban J connectivity index is 0. The van der Waals surface area contributed by atoms with Gasteiger partial charge in [-0.1, -0.05) is 32.9 Å². The Labute approximate surface area is 95.2 Å². The molecule has 0 rings (SSSR count). The SMILES string of the molecule is C=C([CH]C)C(C)C.[K+]. The summed E-state index contributed by atoms with van der Waals surface area (Å²) in [4.78, 5) is 0. The molecule has 0 aromatic rings. The minimum absolute atomic E-state index is 0. The Kier molecular flexibility index (Phi) is 9.82. The third kappa shape index (κ3) is 5.51. The molecular formula is C7H13K+. The van der Waals surface area contributed by atoms with Crippen molar-refractivity contribution in [3.63, 3.8) is 0 Å². The van der Waals surface area contributed by atoms with Gasteiger partial charge >= 0.3 is 51.4 Å². The average molecular weight is 136 g/mol. The summed E-state index contributed by atoms with van der Waals surface area (Å²) in [5, 5.41) is 0. The summed E-state index contributed by atoms with van der Waals surface area (Å²) >= 11 is 0. The van der Waals surface area contributed by atoms with Crippen molar-refractivity contribution in [3.8, 4) is 0 Å². The number of hydrogen-bond donors (Lipinski definition) is 0. The van der Waals surface area contributed by atoms with Gasteiger partial charge in [0.2, 0.25) is 0 Å². The summed E-state index contributed by atoms with van der Waals surface area (Å²) in [5.74, 6) is 0.616. The van der Waals surface area contributed by atoms with Crippen LogP contribution in [0.4, 0.5) is 0 Å². The van der Waals surface area contributed by atoms with E-state index < -0.39 is 0 Å². The van der Waals surface area contributed by atoms with Crippen LogP contribution in [0.1, 0.15) is 20.8 Å². The van der Waals surface area contributed by atoms with Gasteiger partial charge in [0.1, 0.15) is 0 Å². The van der Waals surface area contributed by atoms with Crippen molar-refractivity contribution >= 4 is 0 Å². The summed E-state index contributed by atoms with van der Waals surface area (Å²) in [7, 11) is 0. The molecule has 0 nitrogen and oxygen atoms in total. The van der Waals surface area contributed by atoms with Crippen LogP contribution in [-0.2, 0) is 0 Å². The van der Waals surface area contributed by atoms with E-state index in [2.05, 4.69) is 20.4 Å². The fourth-order valence-electron chi connectivity index (χ4n) is 0.333. The molecular weight excluding hydrogens is 123 g/mol. The van der Waals surface area contributed by atoms with Gasteiger partial charge in [-0.15, -0.1) is 0 Å². The summed E-state index contributed by atoms with van der Waals surface area (Å²) in [6.07, 6.45) is 2.05. The second-order valence-electron chi connectivity index (χ2n) is 2.02. The second-order valence-corrected chi connectivity index (χ2v) is 2.02. The fraction of sp³-hybridized carbons (Fsp3) is 0.571. The molecule has 0 unspecified atom stereocenters. The van der Waals surface area contributed by atoms with Gasteiger partial charge in [0.05, 0.1) is 0 Å². The first-order chi connectivity index (χ1) is 3.18. The molecule has 0 fully saturated rings. The molecule has 8 heavy (non-hydrogen) atoms. The second kappa shape index (κ2) is 6.50. The minimum atomic E-state index is 0. The Morgan fingerprint density at radius 3 is 1.88 bits per heavy atom. The molecule has 0 aromatic heterocycles.